The summed E-state index contributed by atoms with van der Waals surface area (Å²) in [5, 5.41) is 4.89. The van der Waals surface area contributed by atoms with Crippen LogP contribution in [-0.4, -0.2) is 40.8 Å². The first kappa shape index (κ1) is 21.0. The van der Waals surface area contributed by atoms with E-state index >= 15 is 0 Å². The van der Waals surface area contributed by atoms with Crippen LogP contribution in [0.2, 0.25) is 10.0 Å². The van der Waals surface area contributed by atoms with Crippen molar-refractivity contribution in [1.29, 1.82) is 0 Å². The Labute approximate surface area is 188 Å². The van der Waals surface area contributed by atoms with Gasteiger partial charge >= 0.3 is 5.97 Å². The van der Waals surface area contributed by atoms with Crippen molar-refractivity contribution in [2.24, 2.45) is 0 Å². The van der Waals surface area contributed by atoms with Gasteiger partial charge < -0.3 is 19.4 Å². The summed E-state index contributed by atoms with van der Waals surface area (Å²) >= 11 is 12.6. The third-order valence-corrected chi connectivity index (χ3v) is 5.39. The van der Waals surface area contributed by atoms with Crippen molar-refractivity contribution in [2.45, 2.75) is 0 Å². The molecule has 31 heavy (non-hydrogen) atoms. The number of carbonyl (C=O) groups is 1. The van der Waals surface area contributed by atoms with Crippen LogP contribution in [0.5, 0.6) is 5.75 Å². The predicted molar refractivity (Wildman–Crippen MR) is 121 cm³/mol. The van der Waals surface area contributed by atoms with Crippen LogP contribution in [0.3, 0.4) is 0 Å². The van der Waals surface area contributed by atoms with Gasteiger partial charge in [0.05, 0.1) is 41.2 Å². The number of carbonyl (C=O) groups excluding carboxylic acids is 1. The van der Waals surface area contributed by atoms with Crippen molar-refractivity contribution in [3.63, 3.8) is 0 Å². The number of benzene rings is 2. The van der Waals surface area contributed by atoms with Gasteiger partial charge in [-0.3, -0.25) is 0 Å². The first-order valence-corrected chi connectivity index (χ1v) is 10.1. The molecule has 4 aromatic rings. The summed E-state index contributed by atoms with van der Waals surface area (Å²) in [5.41, 5.74) is 1.82. The molecule has 2 aromatic heterocycles. The predicted octanol–water partition coefficient (Wildman–Crippen LogP) is 5.00. The number of imidazole rings is 1. The highest BCUT2D eigenvalue weighted by Gasteiger charge is 2.14. The Morgan fingerprint density at radius 3 is 2.81 bits per heavy atom. The number of ether oxygens (including phenoxy) is 2. The molecule has 0 aliphatic carbocycles. The van der Waals surface area contributed by atoms with Gasteiger partial charge in [0.15, 0.2) is 0 Å². The summed E-state index contributed by atoms with van der Waals surface area (Å²) in [6.07, 6.45) is 5.24. The molecule has 1 N–H and O–H groups in total. The highest BCUT2D eigenvalue weighted by Crippen LogP contribution is 2.34. The number of pyridine rings is 1. The second-order valence-electron chi connectivity index (χ2n) is 6.52. The fraction of sp³-hybridized carbons (Fsp3) is 0.136. The smallest absolute Gasteiger partial charge is 0.341 e. The highest BCUT2D eigenvalue weighted by molar-refractivity contribution is 6.45. The fourth-order valence-electron chi connectivity index (χ4n) is 3.13. The largest absolute Gasteiger partial charge is 0.491 e. The maximum Gasteiger partial charge on any atom is 0.341 e. The van der Waals surface area contributed by atoms with Gasteiger partial charge in [-0.15, -0.1) is 0 Å². The average Bonchev–Trinajstić information content (AvgIpc) is 3.33. The maximum absolute atomic E-state index is 11.9. The Balaban J connectivity index is 1.55. The van der Waals surface area contributed by atoms with Crippen molar-refractivity contribution in [1.82, 2.24) is 14.5 Å². The maximum atomic E-state index is 11.9. The molecule has 0 aliphatic heterocycles. The van der Waals surface area contributed by atoms with E-state index in [1.165, 1.54) is 7.11 Å². The highest BCUT2D eigenvalue weighted by atomic mass is 35.5. The van der Waals surface area contributed by atoms with Gasteiger partial charge in [0.2, 0.25) is 0 Å². The van der Waals surface area contributed by atoms with Crippen molar-refractivity contribution in [2.75, 3.05) is 25.6 Å². The van der Waals surface area contributed by atoms with E-state index in [0.29, 0.717) is 45.8 Å². The van der Waals surface area contributed by atoms with Crippen LogP contribution in [0.4, 0.5) is 5.82 Å². The fourth-order valence-corrected chi connectivity index (χ4v) is 3.49. The van der Waals surface area contributed by atoms with E-state index in [0.717, 1.165) is 11.1 Å². The van der Waals surface area contributed by atoms with Gasteiger partial charge in [0.1, 0.15) is 23.7 Å². The molecular formula is C22H18Cl2N4O3. The van der Waals surface area contributed by atoms with Gasteiger partial charge in [-0.2, -0.15) is 0 Å². The quantitative estimate of drug-likeness (QED) is 0.311. The normalized spacial score (nSPS) is 10.8. The van der Waals surface area contributed by atoms with Crippen molar-refractivity contribution < 1.29 is 14.3 Å². The van der Waals surface area contributed by atoms with E-state index < -0.39 is 5.97 Å². The number of nitrogens with zero attached hydrogens (tertiary/aromatic N) is 3. The molecule has 158 valence electrons. The number of esters is 1. The number of anilines is 1. The number of methoxy groups -OCH3 is 1. The number of hydrogen-bond donors (Lipinski definition) is 1. The molecule has 0 saturated carbocycles. The Morgan fingerprint density at radius 2 is 2.03 bits per heavy atom. The monoisotopic (exact) mass is 456 g/mol. The molecule has 4 rings (SSSR count). The number of para-hydroxylation sites is 1. The standard InChI is InChI=1S/C22H18Cl2N4O3/c1-30-22(29)15-4-2-3-5-18(15)31-11-9-26-19-12-17(28-10-8-25-13-28)14-6-7-16(23)20(24)21(14)27-19/h2-8,10,12-13H,9,11H2,1H3,(H,26,27). The van der Waals surface area contributed by atoms with E-state index in [-0.39, 0.29) is 0 Å². The SMILES string of the molecule is COC(=O)c1ccccc1OCCNc1cc(-n2ccnc2)c2ccc(Cl)c(Cl)c2n1. The average molecular weight is 457 g/mol. The van der Waals surface area contributed by atoms with Crippen molar-refractivity contribution in [3.05, 3.63) is 76.8 Å². The van der Waals surface area contributed by atoms with Gasteiger partial charge in [0, 0.05) is 23.8 Å². The molecule has 0 amide bonds. The number of rotatable bonds is 7. The molecule has 9 heteroatoms. The van der Waals surface area contributed by atoms with Crippen LogP contribution >= 0.6 is 23.2 Å². The van der Waals surface area contributed by atoms with E-state index in [1.807, 2.05) is 22.9 Å². The number of hydrogen-bond acceptors (Lipinski definition) is 6. The third-order valence-electron chi connectivity index (χ3n) is 4.59. The number of nitrogens with one attached hydrogen (secondary N) is 1. The lowest BCUT2D eigenvalue weighted by Gasteiger charge is -2.14. The minimum atomic E-state index is -0.448. The topological polar surface area (TPSA) is 78.3 Å². The minimum Gasteiger partial charge on any atom is -0.491 e. The molecule has 0 aliphatic rings. The molecule has 0 bridgehead atoms. The Bertz CT molecular complexity index is 1230. The summed E-state index contributed by atoms with van der Waals surface area (Å²) in [7, 11) is 1.33. The molecule has 7 nitrogen and oxygen atoms in total. The van der Waals surface area contributed by atoms with Gasteiger partial charge in [0.25, 0.3) is 0 Å². The first-order chi connectivity index (χ1) is 15.1. The molecule has 0 unspecified atom stereocenters. The van der Waals surface area contributed by atoms with E-state index in [4.69, 9.17) is 32.7 Å². The molecule has 0 radical (unpaired) electrons. The van der Waals surface area contributed by atoms with Gasteiger partial charge in [-0.25, -0.2) is 14.8 Å². The zero-order valence-corrected chi connectivity index (χ0v) is 18.0. The molecule has 0 atom stereocenters. The Kier molecular flexibility index (Phi) is 6.25. The molecule has 2 aromatic carbocycles. The van der Waals surface area contributed by atoms with Crippen molar-refractivity contribution in [3.8, 4) is 11.4 Å². The number of halogens is 2. The number of aromatic nitrogens is 3. The zero-order valence-electron chi connectivity index (χ0n) is 16.5. The second-order valence-corrected chi connectivity index (χ2v) is 7.30. The third kappa shape index (κ3) is 4.42. The lowest BCUT2D eigenvalue weighted by atomic mass is 10.1. The summed E-state index contributed by atoms with van der Waals surface area (Å²) in [4.78, 5) is 20.6. The molecule has 0 spiro atoms. The van der Waals surface area contributed by atoms with E-state index in [9.17, 15) is 4.79 Å². The Hall–Kier alpha value is -3.29. The number of fused-ring (bicyclic) bond motifs is 1. The van der Waals surface area contributed by atoms with Crippen LogP contribution in [0.1, 0.15) is 10.4 Å². The first-order valence-electron chi connectivity index (χ1n) is 9.39. The van der Waals surface area contributed by atoms with Crippen LogP contribution < -0.4 is 10.1 Å². The van der Waals surface area contributed by atoms with Crippen LogP contribution in [0.25, 0.3) is 16.6 Å². The van der Waals surface area contributed by atoms with Crippen LogP contribution in [0.15, 0.2) is 61.2 Å². The van der Waals surface area contributed by atoms with Gasteiger partial charge in [-0.05, 0) is 24.3 Å². The van der Waals surface area contributed by atoms with Crippen molar-refractivity contribution >= 4 is 45.9 Å². The van der Waals surface area contributed by atoms with Gasteiger partial charge in [-0.1, -0.05) is 35.3 Å². The zero-order chi connectivity index (χ0) is 21.8. The van der Waals surface area contributed by atoms with E-state index in [2.05, 4.69) is 15.3 Å². The summed E-state index contributed by atoms with van der Waals surface area (Å²) in [6, 6.07) is 12.4. The molecule has 2 heterocycles. The summed E-state index contributed by atoms with van der Waals surface area (Å²) in [6.45, 7) is 0.743. The molecule has 0 fully saturated rings. The molecular weight excluding hydrogens is 439 g/mol. The van der Waals surface area contributed by atoms with Crippen LogP contribution in [-0.2, 0) is 4.74 Å². The molecule has 0 saturated heterocycles. The Morgan fingerprint density at radius 1 is 1.19 bits per heavy atom. The summed E-state index contributed by atoms with van der Waals surface area (Å²) in [5.74, 6) is 0.609. The lowest BCUT2D eigenvalue weighted by Crippen LogP contribution is -2.14. The minimum absolute atomic E-state index is 0.303. The lowest BCUT2D eigenvalue weighted by molar-refractivity contribution is 0.0596. The summed E-state index contributed by atoms with van der Waals surface area (Å²) < 4.78 is 12.4. The second kappa shape index (κ2) is 9.24. The van der Waals surface area contributed by atoms with E-state index in [1.54, 1.807) is 42.9 Å². The van der Waals surface area contributed by atoms with Crippen LogP contribution in [0, 0.1) is 0 Å².